The molecule has 4 heterocycles. The number of hydrogen-bond acceptors (Lipinski definition) is 7. The van der Waals surface area contributed by atoms with E-state index in [4.69, 9.17) is 10.8 Å². The summed E-state index contributed by atoms with van der Waals surface area (Å²) < 4.78 is 100. The number of fused-ring (bicyclic) bond motifs is 1. The van der Waals surface area contributed by atoms with E-state index in [9.17, 15) is 34.8 Å². The molecule has 16 heteroatoms. The Labute approximate surface area is 188 Å². The second kappa shape index (κ2) is 10.1. The van der Waals surface area contributed by atoms with Crippen molar-refractivity contribution in [1.29, 1.82) is 0 Å². The van der Waals surface area contributed by atoms with Crippen molar-refractivity contribution in [3.05, 3.63) is 41.7 Å². The quantitative estimate of drug-likeness (QED) is 0.515. The van der Waals surface area contributed by atoms with Crippen LogP contribution >= 0.6 is 0 Å². The number of hydrogen-bond donors (Lipinski definition) is 2. The van der Waals surface area contributed by atoms with Crippen molar-refractivity contribution in [2.24, 2.45) is 0 Å². The average Bonchev–Trinajstić information content (AvgIpc) is 3.09. The van der Waals surface area contributed by atoms with Crippen LogP contribution in [0.4, 0.5) is 32.3 Å². The highest BCUT2D eigenvalue weighted by Gasteiger charge is 2.34. The van der Waals surface area contributed by atoms with Crippen LogP contribution in [0.3, 0.4) is 0 Å². The fourth-order valence-corrected chi connectivity index (χ4v) is 4.15. The lowest BCUT2D eigenvalue weighted by Gasteiger charge is -2.28. The number of nitrogens with two attached hydrogens (primary N) is 1. The SMILES string of the molecule is Nc1ncc2c(F)cc(-c3ncc(C(F)F)cc3F)n2n1.O=S(=O)(C(F)F)N1CCCC(O)C1. The molecule has 1 aliphatic heterocycles. The Kier molecular flexibility index (Phi) is 7.62. The second-order valence-corrected chi connectivity index (χ2v) is 9.05. The van der Waals surface area contributed by atoms with Gasteiger partial charge >= 0.3 is 5.76 Å². The molecule has 34 heavy (non-hydrogen) atoms. The number of sulfonamides is 1. The molecule has 0 bridgehead atoms. The zero-order valence-electron chi connectivity index (χ0n) is 17.1. The minimum atomic E-state index is -4.49. The van der Waals surface area contributed by atoms with Gasteiger partial charge in [-0.25, -0.2) is 35.5 Å². The molecule has 3 aromatic heterocycles. The van der Waals surface area contributed by atoms with E-state index in [0.717, 1.165) is 23.0 Å². The van der Waals surface area contributed by atoms with Crippen LogP contribution in [0.15, 0.2) is 24.5 Å². The highest BCUT2D eigenvalue weighted by Crippen LogP contribution is 2.27. The maximum Gasteiger partial charge on any atom is 0.350 e. The number of β-amino-alcohol motifs (C(OH)–C–C–N with tert-alkyl or cyclic N) is 1. The molecule has 0 radical (unpaired) electrons. The van der Waals surface area contributed by atoms with Gasteiger partial charge in [0.2, 0.25) is 5.95 Å². The van der Waals surface area contributed by atoms with Crippen LogP contribution in [0.1, 0.15) is 24.8 Å². The van der Waals surface area contributed by atoms with Crippen LogP contribution in [-0.2, 0) is 10.0 Å². The van der Waals surface area contributed by atoms with Gasteiger partial charge in [0.25, 0.3) is 16.4 Å². The fourth-order valence-electron chi connectivity index (χ4n) is 3.16. The topological polar surface area (TPSA) is 127 Å². The van der Waals surface area contributed by atoms with Crippen molar-refractivity contribution in [2.75, 3.05) is 18.8 Å². The largest absolute Gasteiger partial charge is 0.392 e. The Morgan fingerprint density at radius 3 is 2.38 bits per heavy atom. The zero-order valence-corrected chi connectivity index (χ0v) is 17.9. The first-order chi connectivity index (χ1) is 15.9. The van der Waals surface area contributed by atoms with Crippen LogP contribution < -0.4 is 5.73 Å². The first kappa shape index (κ1) is 25.6. The summed E-state index contributed by atoms with van der Waals surface area (Å²) in [5.41, 5.74) is 4.46. The molecule has 0 aromatic carbocycles. The van der Waals surface area contributed by atoms with E-state index in [-0.39, 0.29) is 35.9 Å². The smallest absolute Gasteiger partial charge is 0.350 e. The van der Waals surface area contributed by atoms with E-state index in [1.807, 2.05) is 0 Å². The molecule has 0 aliphatic carbocycles. The molecule has 0 saturated carbocycles. The van der Waals surface area contributed by atoms with Gasteiger partial charge in [0.1, 0.15) is 11.2 Å². The summed E-state index contributed by atoms with van der Waals surface area (Å²) in [6, 6.07) is 1.63. The van der Waals surface area contributed by atoms with Gasteiger partial charge < -0.3 is 10.8 Å². The Morgan fingerprint density at radius 2 is 1.79 bits per heavy atom. The Hall–Kier alpha value is -2.98. The number of nitrogen functional groups attached to an aromatic ring is 1. The molecule has 9 nitrogen and oxygen atoms in total. The number of nitrogens with zero attached hydrogens (tertiary/aromatic N) is 5. The minimum absolute atomic E-state index is 0.0293. The maximum atomic E-state index is 13.9. The van der Waals surface area contributed by atoms with Crippen LogP contribution in [0.5, 0.6) is 0 Å². The molecule has 186 valence electrons. The predicted molar refractivity (Wildman–Crippen MR) is 107 cm³/mol. The molecular formula is C18H18F6N6O3S. The van der Waals surface area contributed by atoms with E-state index >= 15 is 0 Å². The van der Waals surface area contributed by atoms with Crippen molar-refractivity contribution in [2.45, 2.75) is 31.1 Å². The van der Waals surface area contributed by atoms with Crippen molar-refractivity contribution in [3.63, 3.8) is 0 Å². The van der Waals surface area contributed by atoms with Gasteiger partial charge in [-0.3, -0.25) is 4.98 Å². The van der Waals surface area contributed by atoms with Crippen LogP contribution in [0.2, 0.25) is 0 Å². The highest BCUT2D eigenvalue weighted by atomic mass is 32.2. The normalized spacial score (nSPS) is 17.3. The van der Waals surface area contributed by atoms with Crippen molar-refractivity contribution < 1.29 is 39.9 Å². The molecule has 3 aromatic rings. The summed E-state index contributed by atoms with van der Waals surface area (Å²) in [5, 5.41) is 12.8. The van der Waals surface area contributed by atoms with Gasteiger partial charge in [0.15, 0.2) is 11.6 Å². The molecule has 4 rings (SSSR count). The third-order valence-corrected chi connectivity index (χ3v) is 6.29. The van der Waals surface area contributed by atoms with Gasteiger partial charge in [-0.1, -0.05) is 0 Å². The molecular weight excluding hydrogens is 494 g/mol. The van der Waals surface area contributed by atoms with E-state index in [1.54, 1.807) is 0 Å². The summed E-state index contributed by atoms with van der Waals surface area (Å²) in [6.45, 7) is -0.142. The van der Waals surface area contributed by atoms with E-state index in [1.165, 1.54) is 0 Å². The number of aromatic nitrogens is 4. The summed E-state index contributed by atoms with van der Waals surface area (Å²) in [6.07, 6.45) is -0.818. The lowest BCUT2D eigenvalue weighted by atomic mass is 10.1. The molecule has 0 spiro atoms. The maximum absolute atomic E-state index is 13.9. The Bertz CT molecular complexity index is 1270. The van der Waals surface area contributed by atoms with Gasteiger partial charge in [-0.2, -0.15) is 13.1 Å². The molecule has 3 N–H and O–H groups in total. The summed E-state index contributed by atoms with van der Waals surface area (Å²) >= 11 is 0. The third-order valence-electron chi connectivity index (χ3n) is 4.79. The number of pyridine rings is 1. The number of aliphatic hydroxyl groups excluding tert-OH is 1. The molecule has 1 saturated heterocycles. The van der Waals surface area contributed by atoms with E-state index in [0.29, 0.717) is 23.2 Å². The third kappa shape index (κ3) is 5.39. The first-order valence-corrected chi connectivity index (χ1v) is 11.1. The lowest BCUT2D eigenvalue weighted by Crippen LogP contribution is -2.44. The molecule has 0 amide bonds. The van der Waals surface area contributed by atoms with Crippen LogP contribution in [0, 0.1) is 11.6 Å². The van der Waals surface area contributed by atoms with Gasteiger partial charge in [0.05, 0.1) is 18.0 Å². The van der Waals surface area contributed by atoms with Crippen LogP contribution in [-0.4, -0.2) is 62.4 Å². The number of alkyl halides is 4. The molecule has 1 fully saturated rings. The zero-order chi connectivity index (χ0) is 25.2. The monoisotopic (exact) mass is 512 g/mol. The van der Waals surface area contributed by atoms with E-state index in [2.05, 4.69) is 15.1 Å². The minimum Gasteiger partial charge on any atom is -0.392 e. The van der Waals surface area contributed by atoms with Crippen LogP contribution in [0.25, 0.3) is 16.9 Å². The molecule has 1 aliphatic rings. The van der Waals surface area contributed by atoms with Gasteiger partial charge in [-0.15, -0.1) is 5.10 Å². The lowest BCUT2D eigenvalue weighted by molar-refractivity contribution is 0.103. The number of aliphatic hydroxyl groups is 1. The summed E-state index contributed by atoms with van der Waals surface area (Å²) in [5.74, 6) is -5.25. The molecule has 1 atom stereocenters. The number of anilines is 1. The standard InChI is InChI=1S/C12H7F4N5.C6H11F2NO3S/c13-6-2-8(21-9(6)4-19-12(17)20-21)10-7(14)1-5(3-18-10)11(15)16;7-6(8)13(11,12)9-3-1-2-5(10)4-9/h1-4,11H,(H2,17,20);5-6,10H,1-4H2. The van der Waals surface area contributed by atoms with Gasteiger partial charge in [0, 0.05) is 30.9 Å². The second-order valence-electron chi connectivity index (χ2n) is 7.15. The molecule has 1 unspecified atom stereocenters. The number of piperidine rings is 1. The van der Waals surface area contributed by atoms with Crippen molar-refractivity contribution in [1.82, 2.24) is 23.9 Å². The van der Waals surface area contributed by atoms with Crippen molar-refractivity contribution >= 4 is 21.5 Å². The number of halogens is 6. The van der Waals surface area contributed by atoms with Crippen molar-refractivity contribution in [3.8, 4) is 11.4 Å². The van der Waals surface area contributed by atoms with E-state index < -0.39 is 45.5 Å². The van der Waals surface area contributed by atoms with Gasteiger partial charge in [-0.05, 0) is 18.9 Å². The predicted octanol–water partition coefficient (Wildman–Crippen LogP) is 2.58. The Morgan fingerprint density at radius 1 is 1.09 bits per heavy atom. The first-order valence-electron chi connectivity index (χ1n) is 9.60. The summed E-state index contributed by atoms with van der Waals surface area (Å²) in [7, 11) is -4.49. The fraction of sp³-hybridized carbons (Fsp3) is 0.389. The summed E-state index contributed by atoms with van der Waals surface area (Å²) in [4.78, 5) is 7.25. The number of rotatable bonds is 4. The Balaban J connectivity index is 0.000000215. The average molecular weight is 512 g/mol. The highest BCUT2D eigenvalue weighted by molar-refractivity contribution is 7.89.